The van der Waals surface area contributed by atoms with E-state index in [9.17, 15) is 0 Å². The minimum absolute atomic E-state index is 0.0185. The summed E-state index contributed by atoms with van der Waals surface area (Å²) in [6, 6.07) is 15.2. The molecule has 1 aliphatic rings. The van der Waals surface area contributed by atoms with Crippen LogP contribution in [-0.2, 0) is 6.61 Å². The first-order valence-electron chi connectivity index (χ1n) is 8.63. The van der Waals surface area contributed by atoms with E-state index in [2.05, 4.69) is 10.1 Å². The number of hydrogen-bond acceptors (Lipinski definition) is 5. The van der Waals surface area contributed by atoms with Gasteiger partial charge in [-0.05, 0) is 67.6 Å². The summed E-state index contributed by atoms with van der Waals surface area (Å²) in [5.41, 5.74) is 2.57. The minimum atomic E-state index is 0.0185. The monoisotopic (exact) mass is 336 g/mol. The molecule has 1 fully saturated rings. The van der Waals surface area contributed by atoms with Crippen LogP contribution in [0.15, 0.2) is 53.1 Å². The Kier molecular flexibility index (Phi) is 4.48. The highest BCUT2D eigenvalue weighted by Crippen LogP contribution is 2.27. The van der Waals surface area contributed by atoms with Crippen LogP contribution >= 0.6 is 0 Å². The van der Waals surface area contributed by atoms with Gasteiger partial charge in [0.05, 0.1) is 12.7 Å². The van der Waals surface area contributed by atoms with Gasteiger partial charge in [0, 0.05) is 11.1 Å². The lowest BCUT2D eigenvalue weighted by atomic mass is 10.1. The van der Waals surface area contributed by atoms with Gasteiger partial charge < -0.3 is 14.4 Å². The highest BCUT2D eigenvalue weighted by atomic mass is 16.5. The molecule has 5 heteroatoms. The summed E-state index contributed by atoms with van der Waals surface area (Å²) in [4.78, 5) is 4.46. The van der Waals surface area contributed by atoms with E-state index in [0.717, 1.165) is 35.3 Å². The van der Waals surface area contributed by atoms with Crippen molar-refractivity contribution >= 4 is 0 Å². The van der Waals surface area contributed by atoms with Gasteiger partial charge in [-0.1, -0.05) is 17.3 Å². The predicted octanol–water partition coefficient (Wildman–Crippen LogP) is 4.22. The summed E-state index contributed by atoms with van der Waals surface area (Å²) in [7, 11) is 0. The maximum atomic E-state index is 9.10. The normalized spacial score (nSPS) is 14.8. The largest absolute Gasteiger partial charge is 0.490 e. The highest BCUT2D eigenvalue weighted by molar-refractivity contribution is 5.60. The molecule has 3 aromatic rings. The quantitative estimate of drug-likeness (QED) is 0.755. The Balaban J connectivity index is 1.49. The van der Waals surface area contributed by atoms with Crippen molar-refractivity contribution in [3.63, 3.8) is 0 Å². The van der Waals surface area contributed by atoms with Crippen LogP contribution in [0, 0.1) is 0 Å². The molecule has 0 amide bonds. The Hall–Kier alpha value is -2.66. The van der Waals surface area contributed by atoms with E-state index in [1.807, 2.05) is 48.5 Å². The SMILES string of the molecule is OCc1ccc(-c2nc(-c3ccc(OC4CCCC4)cc3)no2)cc1. The standard InChI is InChI=1S/C20H20N2O3/c23-13-14-5-7-16(8-6-14)20-21-19(22-25-20)15-9-11-18(12-10-15)24-17-3-1-2-4-17/h5-12,17,23H,1-4,13H2. The molecule has 0 spiro atoms. The van der Waals surface area contributed by atoms with Gasteiger partial charge in [0.25, 0.3) is 5.89 Å². The van der Waals surface area contributed by atoms with Gasteiger partial charge in [-0.15, -0.1) is 0 Å². The topological polar surface area (TPSA) is 68.4 Å². The smallest absolute Gasteiger partial charge is 0.258 e. The van der Waals surface area contributed by atoms with Crippen LogP contribution < -0.4 is 4.74 Å². The van der Waals surface area contributed by atoms with Crippen LogP contribution in [0.5, 0.6) is 5.75 Å². The molecule has 1 heterocycles. The van der Waals surface area contributed by atoms with Crippen LogP contribution in [0.4, 0.5) is 0 Å². The van der Waals surface area contributed by atoms with E-state index in [1.54, 1.807) is 0 Å². The summed E-state index contributed by atoms with van der Waals surface area (Å²) in [6.45, 7) is 0.0185. The van der Waals surface area contributed by atoms with E-state index in [-0.39, 0.29) is 6.61 Å². The average Bonchev–Trinajstić information content (AvgIpc) is 3.34. The third kappa shape index (κ3) is 3.56. The van der Waals surface area contributed by atoms with Crippen LogP contribution in [0.25, 0.3) is 22.8 Å². The van der Waals surface area contributed by atoms with E-state index in [4.69, 9.17) is 14.4 Å². The van der Waals surface area contributed by atoms with Crippen molar-refractivity contribution in [3.8, 4) is 28.6 Å². The van der Waals surface area contributed by atoms with Gasteiger partial charge in [0.1, 0.15) is 5.75 Å². The lowest BCUT2D eigenvalue weighted by molar-refractivity contribution is 0.210. The molecule has 1 aliphatic carbocycles. The molecule has 128 valence electrons. The number of ether oxygens (including phenoxy) is 1. The number of aliphatic hydroxyl groups is 1. The van der Waals surface area contributed by atoms with Crippen molar-refractivity contribution in [1.82, 2.24) is 10.1 Å². The van der Waals surface area contributed by atoms with Crippen molar-refractivity contribution in [2.24, 2.45) is 0 Å². The molecule has 25 heavy (non-hydrogen) atoms. The zero-order valence-corrected chi connectivity index (χ0v) is 13.9. The molecule has 0 aliphatic heterocycles. The van der Waals surface area contributed by atoms with Gasteiger partial charge in [0.2, 0.25) is 5.82 Å². The van der Waals surface area contributed by atoms with Crippen LogP contribution in [0.2, 0.25) is 0 Å². The highest BCUT2D eigenvalue weighted by Gasteiger charge is 2.16. The number of rotatable bonds is 5. The fourth-order valence-corrected chi connectivity index (χ4v) is 3.09. The van der Waals surface area contributed by atoms with Gasteiger partial charge in [-0.25, -0.2) is 0 Å². The van der Waals surface area contributed by atoms with Crippen LogP contribution in [0.1, 0.15) is 31.2 Å². The Bertz CT molecular complexity index is 819. The van der Waals surface area contributed by atoms with Gasteiger partial charge in [0.15, 0.2) is 0 Å². The maximum Gasteiger partial charge on any atom is 0.258 e. The summed E-state index contributed by atoms with van der Waals surface area (Å²) in [6.07, 6.45) is 5.15. The number of aromatic nitrogens is 2. The molecule has 1 N–H and O–H groups in total. The first-order valence-corrected chi connectivity index (χ1v) is 8.63. The number of benzene rings is 2. The molecule has 5 nitrogen and oxygen atoms in total. The average molecular weight is 336 g/mol. The Labute approximate surface area is 146 Å². The Morgan fingerprint density at radius 1 is 0.960 bits per heavy atom. The molecule has 0 saturated heterocycles. The van der Waals surface area contributed by atoms with Crippen molar-refractivity contribution in [2.75, 3.05) is 0 Å². The maximum absolute atomic E-state index is 9.10. The van der Waals surface area contributed by atoms with Crippen molar-refractivity contribution in [2.45, 2.75) is 38.4 Å². The van der Waals surface area contributed by atoms with Gasteiger partial charge >= 0.3 is 0 Å². The van der Waals surface area contributed by atoms with Crippen molar-refractivity contribution < 1.29 is 14.4 Å². The third-order valence-corrected chi connectivity index (χ3v) is 4.53. The third-order valence-electron chi connectivity index (χ3n) is 4.53. The minimum Gasteiger partial charge on any atom is -0.490 e. The van der Waals surface area contributed by atoms with E-state index in [0.29, 0.717) is 17.8 Å². The zero-order chi connectivity index (χ0) is 17.1. The van der Waals surface area contributed by atoms with Crippen molar-refractivity contribution in [1.29, 1.82) is 0 Å². The molecule has 1 saturated carbocycles. The summed E-state index contributed by atoms with van der Waals surface area (Å²) < 4.78 is 11.3. The second-order valence-corrected chi connectivity index (χ2v) is 6.33. The molecule has 0 bridgehead atoms. The number of aliphatic hydroxyl groups excluding tert-OH is 1. The van der Waals surface area contributed by atoms with E-state index in [1.165, 1.54) is 12.8 Å². The fraction of sp³-hybridized carbons (Fsp3) is 0.300. The Morgan fingerprint density at radius 2 is 1.64 bits per heavy atom. The van der Waals surface area contributed by atoms with E-state index < -0.39 is 0 Å². The van der Waals surface area contributed by atoms with Crippen LogP contribution in [0.3, 0.4) is 0 Å². The molecule has 4 rings (SSSR count). The second-order valence-electron chi connectivity index (χ2n) is 6.33. The lowest BCUT2D eigenvalue weighted by Crippen LogP contribution is -2.10. The second kappa shape index (κ2) is 7.07. The summed E-state index contributed by atoms with van der Waals surface area (Å²) >= 11 is 0. The molecule has 2 aromatic carbocycles. The Morgan fingerprint density at radius 3 is 2.32 bits per heavy atom. The van der Waals surface area contributed by atoms with Gasteiger partial charge in [-0.3, -0.25) is 0 Å². The summed E-state index contributed by atoms with van der Waals surface area (Å²) in [5, 5.41) is 13.2. The molecule has 1 aromatic heterocycles. The molecule has 0 radical (unpaired) electrons. The molecular formula is C20H20N2O3. The van der Waals surface area contributed by atoms with E-state index >= 15 is 0 Å². The molecular weight excluding hydrogens is 316 g/mol. The first-order chi connectivity index (χ1) is 12.3. The number of hydrogen-bond donors (Lipinski definition) is 1. The zero-order valence-electron chi connectivity index (χ0n) is 13.9. The molecule has 0 atom stereocenters. The summed E-state index contributed by atoms with van der Waals surface area (Å²) in [5.74, 6) is 1.90. The van der Waals surface area contributed by atoms with Gasteiger partial charge in [-0.2, -0.15) is 4.98 Å². The van der Waals surface area contributed by atoms with Crippen LogP contribution in [-0.4, -0.2) is 21.4 Å². The molecule has 0 unspecified atom stereocenters. The number of nitrogens with zero attached hydrogens (tertiary/aromatic N) is 2. The fourth-order valence-electron chi connectivity index (χ4n) is 3.09. The first kappa shape index (κ1) is 15.8. The lowest BCUT2D eigenvalue weighted by Gasteiger charge is -2.12. The van der Waals surface area contributed by atoms with Crippen molar-refractivity contribution in [3.05, 3.63) is 54.1 Å². The predicted molar refractivity (Wildman–Crippen MR) is 94.0 cm³/mol.